The van der Waals surface area contributed by atoms with Crippen LogP contribution in [0.3, 0.4) is 0 Å². The number of nitrogens with one attached hydrogen (secondary N) is 1. The summed E-state index contributed by atoms with van der Waals surface area (Å²) in [5.74, 6) is -0.212. The maximum absolute atomic E-state index is 12.7. The molecular formula is C13H20FNOS. The first kappa shape index (κ1) is 14.3. The Bertz CT molecular complexity index is 366. The molecule has 0 radical (unpaired) electrons. The first-order valence-corrected chi connectivity index (χ1v) is 7.44. The molecule has 0 aliphatic carbocycles. The van der Waals surface area contributed by atoms with E-state index in [1.54, 1.807) is 18.4 Å². The highest BCUT2D eigenvalue weighted by Gasteiger charge is 2.08. The molecule has 0 heterocycles. The van der Waals surface area contributed by atoms with E-state index in [-0.39, 0.29) is 17.1 Å². The lowest BCUT2D eigenvalue weighted by atomic mass is 10.1. The fourth-order valence-corrected chi connectivity index (χ4v) is 1.99. The monoisotopic (exact) mass is 257 g/mol. The van der Waals surface area contributed by atoms with Crippen molar-refractivity contribution < 1.29 is 8.60 Å². The molecule has 0 amide bonds. The summed E-state index contributed by atoms with van der Waals surface area (Å²) < 4.78 is 23.9. The first-order chi connectivity index (χ1) is 8.00. The molecule has 0 aromatic heterocycles. The van der Waals surface area contributed by atoms with E-state index in [4.69, 9.17) is 0 Å². The lowest BCUT2D eigenvalue weighted by molar-refractivity contribution is 0.552. The lowest BCUT2D eigenvalue weighted by Gasteiger charge is -2.15. The van der Waals surface area contributed by atoms with Gasteiger partial charge in [0.1, 0.15) is 5.82 Å². The van der Waals surface area contributed by atoms with Crippen molar-refractivity contribution in [2.75, 3.05) is 12.8 Å². The van der Waals surface area contributed by atoms with E-state index >= 15 is 0 Å². The zero-order valence-electron chi connectivity index (χ0n) is 10.6. The molecule has 1 aromatic carbocycles. The number of hydrogen-bond donors (Lipinski definition) is 1. The van der Waals surface area contributed by atoms with E-state index in [1.165, 1.54) is 12.1 Å². The van der Waals surface area contributed by atoms with E-state index in [0.717, 1.165) is 18.5 Å². The van der Waals surface area contributed by atoms with Crippen molar-refractivity contribution in [1.29, 1.82) is 0 Å². The number of hydrogen-bond acceptors (Lipinski definition) is 2. The Hall–Kier alpha value is -0.740. The van der Waals surface area contributed by atoms with Crippen molar-refractivity contribution >= 4 is 10.8 Å². The zero-order valence-corrected chi connectivity index (χ0v) is 11.4. The molecule has 0 saturated heterocycles. The van der Waals surface area contributed by atoms with Gasteiger partial charge in [0.25, 0.3) is 0 Å². The van der Waals surface area contributed by atoms with E-state index in [0.29, 0.717) is 0 Å². The normalized spacial score (nSPS) is 16.5. The Labute approximate surface area is 105 Å². The first-order valence-electron chi connectivity index (χ1n) is 5.81. The molecular weight excluding hydrogens is 237 g/mol. The van der Waals surface area contributed by atoms with Crippen LogP contribution in [0, 0.1) is 5.82 Å². The van der Waals surface area contributed by atoms with Crippen molar-refractivity contribution in [2.24, 2.45) is 0 Å². The number of halogens is 1. The molecule has 3 atom stereocenters. The van der Waals surface area contributed by atoms with Gasteiger partial charge < -0.3 is 5.32 Å². The molecule has 0 saturated carbocycles. The molecule has 2 nitrogen and oxygen atoms in total. The molecule has 0 spiro atoms. The van der Waals surface area contributed by atoms with Gasteiger partial charge in [0.2, 0.25) is 0 Å². The molecule has 17 heavy (non-hydrogen) atoms. The van der Waals surface area contributed by atoms with Crippen LogP contribution in [0.2, 0.25) is 0 Å². The van der Waals surface area contributed by atoms with Gasteiger partial charge in [0.05, 0.1) is 0 Å². The standard InChI is InChI=1S/C13H20FNOS/c1-10(17(3)16)8-9-15-11(2)12-4-6-13(14)7-5-12/h4-7,10-11,15H,8-9H2,1-3H3. The summed E-state index contributed by atoms with van der Waals surface area (Å²) in [5.41, 5.74) is 1.07. The molecule has 96 valence electrons. The van der Waals surface area contributed by atoms with Crippen LogP contribution < -0.4 is 5.32 Å². The Morgan fingerprint density at radius 1 is 1.29 bits per heavy atom. The van der Waals surface area contributed by atoms with Gasteiger partial charge >= 0.3 is 0 Å². The van der Waals surface area contributed by atoms with Crippen LogP contribution in [0.1, 0.15) is 31.9 Å². The van der Waals surface area contributed by atoms with Crippen molar-refractivity contribution in [3.8, 4) is 0 Å². The topological polar surface area (TPSA) is 29.1 Å². The summed E-state index contributed by atoms with van der Waals surface area (Å²) in [6.07, 6.45) is 2.61. The van der Waals surface area contributed by atoms with Crippen LogP contribution in [0.4, 0.5) is 4.39 Å². The summed E-state index contributed by atoms with van der Waals surface area (Å²) in [6, 6.07) is 6.70. The van der Waals surface area contributed by atoms with Crippen LogP contribution in [0.5, 0.6) is 0 Å². The minimum absolute atomic E-state index is 0.188. The van der Waals surface area contributed by atoms with Gasteiger partial charge in [-0.25, -0.2) is 4.39 Å². The third-order valence-corrected chi connectivity index (χ3v) is 4.31. The minimum Gasteiger partial charge on any atom is -0.310 e. The summed E-state index contributed by atoms with van der Waals surface area (Å²) in [6.45, 7) is 4.85. The highest BCUT2D eigenvalue weighted by atomic mass is 32.2. The molecule has 0 fully saturated rings. The van der Waals surface area contributed by atoms with Crippen molar-refractivity contribution in [1.82, 2.24) is 5.32 Å². The van der Waals surface area contributed by atoms with Gasteiger partial charge in [-0.3, -0.25) is 4.21 Å². The fourth-order valence-electron chi connectivity index (χ4n) is 1.54. The molecule has 0 aliphatic heterocycles. The van der Waals surface area contributed by atoms with Gasteiger partial charge in [-0.15, -0.1) is 0 Å². The van der Waals surface area contributed by atoms with E-state index in [1.807, 2.05) is 13.8 Å². The minimum atomic E-state index is -0.762. The third kappa shape index (κ3) is 4.96. The fraction of sp³-hybridized carbons (Fsp3) is 0.538. The Morgan fingerprint density at radius 2 is 1.88 bits per heavy atom. The second kappa shape index (κ2) is 6.87. The maximum Gasteiger partial charge on any atom is 0.123 e. The van der Waals surface area contributed by atoms with Gasteiger partial charge in [0.15, 0.2) is 0 Å². The number of benzene rings is 1. The molecule has 1 N–H and O–H groups in total. The van der Waals surface area contributed by atoms with Crippen LogP contribution in [0.25, 0.3) is 0 Å². The predicted octanol–water partition coefficient (Wildman–Crippen LogP) is 2.63. The van der Waals surface area contributed by atoms with Crippen LogP contribution in [-0.2, 0) is 10.8 Å². The van der Waals surface area contributed by atoms with E-state index in [2.05, 4.69) is 5.32 Å². The van der Waals surface area contributed by atoms with E-state index < -0.39 is 10.8 Å². The van der Waals surface area contributed by atoms with Crippen LogP contribution in [-0.4, -0.2) is 22.3 Å². The summed E-state index contributed by atoms with van der Waals surface area (Å²) in [4.78, 5) is 0. The van der Waals surface area contributed by atoms with E-state index in [9.17, 15) is 8.60 Å². The lowest BCUT2D eigenvalue weighted by Crippen LogP contribution is -2.24. The second-order valence-corrected chi connectivity index (χ2v) is 6.13. The average Bonchev–Trinajstić information content (AvgIpc) is 2.29. The van der Waals surface area contributed by atoms with Gasteiger partial charge in [-0.05, 0) is 37.6 Å². The number of rotatable bonds is 6. The van der Waals surface area contributed by atoms with Crippen molar-refractivity contribution in [3.63, 3.8) is 0 Å². The predicted molar refractivity (Wildman–Crippen MR) is 71.0 cm³/mol. The third-order valence-electron chi connectivity index (χ3n) is 2.94. The molecule has 0 bridgehead atoms. The highest BCUT2D eigenvalue weighted by molar-refractivity contribution is 7.84. The van der Waals surface area contributed by atoms with Gasteiger partial charge in [-0.2, -0.15) is 0 Å². The summed E-state index contributed by atoms with van der Waals surface area (Å²) in [5, 5.41) is 3.56. The largest absolute Gasteiger partial charge is 0.310 e. The molecule has 3 unspecified atom stereocenters. The molecule has 1 aromatic rings. The smallest absolute Gasteiger partial charge is 0.123 e. The second-order valence-electron chi connectivity index (χ2n) is 4.33. The Kier molecular flexibility index (Phi) is 5.78. The van der Waals surface area contributed by atoms with Crippen LogP contribution >= 0.6 is 0 Å². The quantitative estimate of drug-likeness (QED) is 0.849. The van der Waals surface area contributed by atoms with Gasteiger partial charge in [0, 0.05) is 28.3 Å². The summed E-state index contributed by atoms with van der Waals surface area (Å²) >= 11 is 0. The molecule has 4 heteroatoms. The average molecular weight is 257 g/mol. The Morgan fingerprint density at radius 3 is 2.41 bits per heavy atom. The van der Waals surface area contributed by atoms with Crippen molar-refractivity contribution in [3.05, 3.63) is 35.6 Å². The molecule has 0 aliphatic rings. The van der Waals surface area contributed by atoms with Crippen molar-refractivity contribution in [2.45, 2.75) is 31.6 Å². The maximum atomic E-state index is 12.7. The zero-order chi connectivity index (χ0) is 12.8. The summed E-state index contributed by atoms with van der Waals surface area (Å²) in [7, 11) is -0.762. The SMILES string of the molecule is CC(NCCC(C)S(C)=O)c1ccc(F)cc1. The molecule has 1 rings (SSSR count). The Balaban J connectivity index is 2.37. The highest BCUT2D eigenvalue weighted by Crippen LogP contribution is 2.12. The van der Waals surface area contributed by atoms with Gasteiger partial charge in [-0.1, -0.05) is 19.1 Å². The van der Waals surface area contributed by atoms with Crippen LogP contribution in [0.15, 0.2) is 24.3 Å².